The van der Waals surface area contributed by atoms with Crippen molar-refractivity contribution in [2.75, 3.05) is 18.0 Å². The fourth-order valence-corrected chi connectivity index (χ4v) is 3.54. The van der Waals surface area contributed by atoms with E-state index in [1.54, 1.807) is 0 Å². The van der Waals surface area contributed by atoms with E-state index in [0.717, 1.165) is 44.7 Å². The number of nitrogens with zero attached hydrogens (tertiary/aromatic N) is 2. The van der Waals surface area contributed by atoms with E-state index in [4.69, 9.17) is 12.2 Å². The minimum atomic E-state index is 0.591. The van der Waals surface area contributed by atoms with Crippen molar-refractivity contribution in [3.63, 3.8) is 0 Å². The molecule has 3 heterocycles. The number of benzene rings is 1. The van der Waals surface area contributed by atoms with Crippen molar-refractivity contribution in [3.8, 4) is 0 Å². The molecule has 0 radical (unpaired) electrons. The van der Waals surface area contributed by atoms with E-state index >= 15 is 0 Å². The average molecular weight is 298 g/mol. The number of hydrogen-bond acceptors (Lipinski definition) is 4. The fourth-order valence-electron chi connectivity index (χ4n) is 3.33. The van der Waals surface area contributed by atoms with Crippen LogP contribution in [0.15, 0.2) is 24.3 Å². The molecule has 4 nitrogen and oxygen atoms in total. The molecular formula is C16H18N4S. The molecule has 2 aliphatic rings. The van der Waals surface area contributed by atoms with Crippen LogP contribution in [-0.4, -0.2) is 23.1 Å². The van der Waals surface area contributed by atoms with Gasteiger partial charge in [-0.25, -0.2) is 4.98 Å². The lowest BCUT2D eigenvalue weighted by molar-refractivity contribution is 0.620. The minimum Gasteiger partial charge on any atom is -0.334 e. The molecule has 2 N–H and O–H groups in total. The van der Waals surface area contributed by atoms with E-state index in [2.05, 4.69) is 44.5 Å². The molecule has 0 amide bonds. The van der Waals surface area contributed by atoms with Gasteiger partial charge in [-0.2, -0.15) is 0 Å². The maximum Gasteiger partial charge on any atom is 0.198 e. The predicted molar refractivity (Wildman–Crippen MR) is 86.6 cm³/mol. The second-order valence-electron chi connectivity index (χ2n) is 5.63. The molecule has 21 heavy (non-hydrogen) atoms. The summed E-state index contributed by atoms with van der Waals surface area (Å²) in [6.07, 6.45) is 3.29. The van der Waals surface area contributed by atoms with Crippen LogP contribution in [0.2, 0.25) is 0 Å². The van der Waals surface area contributed by atoms with Crippen LogP contribution in [0.5, 0.6) is 0 Å². The summed E-state index contributed by atoms with van der Waals surface area (Å²) in [7, 11) is 0. The maximum atomic E-state index is 5.34. The van der Waals surface area contributed by atoms with Gasteiger partial charge in [-0.1, -0.05) is 18.2 Å². The third kappa shape index (κ3) is 2.26. The predicted octanol–water partition coefficient (Wildman–Crippen LogP) is 2.87. The summed E-state index contributed by atoms with van der Waals surface area (Å²) < 4.78 is 0.591. The highest BCUT2D eigenvalue weighted by atomic mass is 32.1. The summed E-state index contributed by atoms with van der Waals surface area (Å²) in [6.45, 7) is 2.87. The smallest absolute Gasteiger partial charge is 0.198 e. The maximum absolute atomic E-state index is 5.34. The number of aromatic nitrogens is 2. The van der Waals surface area contributed by atoms with Crippen LogP contribution in [0, 0.1) is 4.77 Å². The number of aromatic amines is 1. The highest BCUT2D eigenvalue weighted by Crippen LogP contribution is 2.35. The zero-order valence-corrected chi connectivity index (χ0v) is 12.7. The number of hydrogen-bond donors (Lipinski definition) is 2. The molecule has 0 saturated carbocycles. The summed E-state index contributed by atoms with van der Waals surface area (Å²) in [4.78, 5) is 10.3. The summed E-state index contributed by atoms with van der Waals surface area (Å²) in [5, 5.41) is 3.44. The quantitative estimate of drug-likeness (QED) is 0.795. The molecular weight excluding hydrogens is 280 g/mol. The van der Waals surface area contributed by atoms with Gasteiger partial charge in [-0.3, -0.25) is 0 Å². The van der Waals surface area contributed by atoms with Crippen molar-refractivity contribution in [2.24, 2.45) is 0 Å². The standard InChI is InChI=1S/C16H18N4S/c21-16-18-13-7-8-17-10-12(13)15(19-16)20-9-3-5-11-4-1-2-6-14(11)20/h1-2,4,6,17H,3,5,7-10H2,(H,18,19,21). The first-order chi connectivity index (χ1) is 10.3. The van der Waals surface area contributed by atoms with Crippen LogP contribution in [-0.2, 0) is 19.4 Å². The molecule has 0 aliphatic carbocycles. The summed E-state index contributed by atoms with van der Waals surface area (Å²) in [5.41, 5.74) is 5.20. The van der Waals surface area contributed by atoms with Gasteiger partial charge in [0, 0.05) is 43.0 Å². The van der Waals surface area contributed by atoms with Crippen LogP contribution >= 0.6 is 12.2 Å². The average Bonchev–Trinajstić information content (AvgIpc) is 2.53. The first-order valence-electron chi connectivity index (χ1n) is 7.51. The Hall–Kier alpha value is -1.72. The Kier molecular flexibility index (Phi) is 3.24. The molecule has 1 aromatic carbocycles. The molecule has 0 unspecified atom stereocenters. The molecule has 0 spiro atoms. The lowest BCUT2D eigenvalue weighted by atomic mass is 10.0. The molecule has 0 fully saturated rings. The second kappa shape index (κ2) is 5.24. The first kappa shape index (κ1) is 13.0. The first-order valence-corrected chi connectivity index (χ1v) is 7.92. The zero-order chi connectivity index (χ0) is 14.2. The van der Waals surface area contributed by atoms with Crippen LogP contribution in [0.3, 0.4) is 0 Å². The highest BCUT2D eigenvalue weighted by molar-refractivity contribution is 7.71. The number of fused-ring (bicyclic) bond motifs is 2. The van der Waals surface area contributed by atoms with Gasteiger partial charge in [0.25, 0.3) is 0 Å². The Morgan fingerprint density at radius 3 is 3.05 bits per heavy atom. The SMILES string of the molecule is S=c1nc(N2CCCc3ccccc32)c2c([nH]1)CCNC2. The number of para-hydroxylation sites is 1. The normalized spacial score (nSPS) is 17.2. The van der Waals surface area contributed by atoms with Crippen LogP contribution in [0.25, 0.3) is 0 Å². The van der Waals surface area contributed by atoms with Crippen molar-refractivity contribution >= 4 is 23.7 Å². The van der Waals surface area contributed by atoms with Crippen molar-refractivity contribution in [3.05, 3.63) is 45.9 Å². The summed E-state index contributed by atoms with van der Waals surface area (Å²) in [6, 6.07) is 8.63. The lowest BCUT2D eigenvalue weighted by Crippen LogP contribution is -2.31. The Bertz CT molecular complexity index is 737. The number of nitrogens with one attached hydrogen (secondary N) is 2. The minimum absolute atomic E-state index is 0.591. The second-order valence-corrected chi connectivity index (χ2v) is 6.02. The van der Waals surface area contributed by atoms with Crippen molar-refractivity contribution in [1.82, 2.24) is 15.3 Å². The van der Waals surface area contributed by atoms with Gasteiger partial charge in [-0.05, 0) is 36.7 Å². The summed E-state index contributed by atoms with van der Waals surface area (Å²) in [5.74, 6) is 1.04. The number of rotatable bonds is 1. The van der Waals surface area contributed by atoms with Gasteiger partial charge in [0.2, 0.25) is 0 Å². The molecule has 1 aromatic heterocycles. The van der Waals surface area contributed by atoms with Gasteiger partial charge in [0.05, 0.1) is 0 Å². The lowest BCUT2D eigenvalue weighted by Gasteiger charge is -2.33. The van der Waals surface area contributed by atoms with Crippen molar-refractivity contribution < 1.29 is 0 Å². The van der Waals surface area contributed by atoms with Crippen LogP contribution in [0.4, 0.5) is 11.5 Å². The molecule has 108 valence electrons. The number of aryl methyl sites for hydroxylation is 1. The molecule has 4 rings (SSSR count). The fraction of sp³-hybridized carbons (Fsp3) is 0.375. The molecule has 2 aromatic rings. The zero-order valence-electron chi connectivity index (χ0n) is 11.9. The van der Waals surface area contributed by atoms with Gasteiger partial charge >= 0.3 is 0 Å². The third-order valence-corrected chi connectivity index (χ3v) is 4.51. The number of H-pyrrole nitrogens is 1. The van der Waals surface area contributed by atoms with E-state index in [1.807, 2.05) is 0 Å². The van der Waals surface area contributed by atoms with Crippen molar-refractivity contribution in [2.45, 2.75) is 25.8 Å². The molecule has 0 saturated heterocycles. The van der Waals surface area contributed by atoms with Gasteiger partial charge in [0.1, 0.15) is 5.82 Å². The van der Waals surface area contributed by atoms with E-state index in [0.29, 0.717) is 4.77 Å². The molecule has 0 atom stereocenters. The van der Waals surface area contributed by atoms with E-state index in [1.165, 1.54) is 22.5 Å². The Morgan fingerprint density at radius 2 is 2.10 bits per heavy atom. The largest absolute Gasteiger partial charge is 0.334 e. The third-order valence-electron chi connectivity index (χ3n) is 4.32. The van der Waals surface area contributed by atoms with E-state index in [9.17, 15) is 0 Å². The van der Waals surface area contributed by atoms with Gasteiger partial charge in [-0.15, -0.1) is 0 Å². The molecule has 2 aliphatic heterocycles. The van der Waals surface area contributed by atoms with Gasteiger partial charge < -0.3 is 15.2 Å². The molecule has 5 heteroatoms. The topological polar surface area (TPSA) is 44.0 Å². The number of anilines is 2. The molecule has 0 bridgehead atoms. The van der Waals surface area contributed by atoms with Crippen molar-refractivity contribution in [1.29, 1.82) is 0 Å². The monoisotopic (exact) mass is 298 g/mol. The van der Waals surface area contributed by atoms with E-state index < -0.39 is 0 Å². The van der Waals surface area contributed by atoms with Crippen LogP contribution < -0.4 is 10.2 Å². The Morgan fingerprint density at radius 1 is 1.19 bits per heavy atom. The van der Waals surface area contributed by atoms with Crippen LogP contribution in [0.1, 0.15) is 23.2 Å². The Balaban J connectivity index is 1.88. The van der Waals surface area contributed by atoms with Gasteiger partial charge in [0.15, 0.2) is 4.77 Å². The van der Waals surface area contributed by atoms with E-state index in [-0.39, 0.29) is 0 Å². The Labute approximate surface area is 129 Å². The summed E-state index contributed by atoms with van der Waals surface area (Å²) >= 11 is 5.34. The highest BCUT2D eigenvalue weighted by Gasteiger charge is 2.24.